The topological polar surface area (TPSA) is 83.1 Å². The van der Waals surface area contributed by atoms with Gasteiger partial charge in [-0.25, -0.2) is 0 Å². The Balaban J connectivity index is 1.74. The number of piperidine rings is 1. The fourth-order valence-electron chi connectivity index (χ4n) is 2.84. The first-order valence-electron chi connectivity index (χ1n) is 7.59. The van der Waals surface area contributed by atoms with Gasteiger partial charge < -0.3 is 9.88 Å². The summed E-state index contributed by atoms with van der Waals surface area (Å²) in [7, 11) is 0. The lowest BCUT2D eigenvalue weighted by molar-refractivity contribution is 0.0630. The normalized spacial score (nSPS) is 17.7. The van der Waals surface area contributed by atoms with Gasteiger partial charge in [0.05, 0.1) is 0 Å². The van der Waals surface area contributed by atoms with Gasteiger partial charge in [-0.05, 0) is 31.0 Å². The second-order valence-electron chi connectivity index (χ2n) is 5.60. The molecule has 0 saturated carbocycles. The first kappa shape index (κ1) is 15.1. The van der Waals surface area contributed by atoms with Crippen LogP contribution in [0, 0.1) is 5.92 Å². The van der Waals surface area contributed by atoms with E-state index < -0.39 is 0 Å². The zero-order valence-corrected chi connectivity index (χ0v) is 12.6. The minimum absolute atomic E-state index is 0.0374. The summed E-state index contributed by atoms with van der Waals surface area (Å²) in [4.78, 5) is 44.6. The fourth-order valence-corrected chi connectivity index (χ4v) is 2.84. The predicted molar refractivity (Wildman–Crippen MR) is 84.3 cm³/mol. The average molecular weight is 311 g/mol. The molecule has 23 heavy (non-hydrogen) atoms. The maximum atomic E-state index is 12.5. The molecule has 118 valence electrons. The van der Waals surface area contributed by atoms with Crippen LogP contribution < -0.4 is 5.56 Å². The summed E-state index contributed by atoms with van der Waals surface area (Å²) in [5.74, 6) is -0.538. The van der Waals surface area contributed by atoms with Gasteiger partial charge in [0.15, 0.2) is 5.78 Å². The Hall–Kier alpha value is -2.76. The number of nitrogens with zero attached hydrogens (tertiary/aromatic N) is 2. The van der Waals surface area contributed by atoms with Crippen LogP contribution in [0.1, 0.15) is 33.8 Å². The van der Waals surface area contributed by atoms with E-state index in [4.69, 9.17) is 0 Å². The number of H-pyrrole nitrogens is 1. The molecular weight excluding hydrogens is 294 g/mol. The summed E-state index contributed by atoms with van der Waals surface area (Å²) in [5, 5.41) is 0. The number of aromatic nitrogens is 2. The summed E-state index contributed by atoms with van der Waals surface area (Å²) in [6.45, 7) is 0.937. The maximum Gasteiger partial charge on any atom is 0.270 e. The molecule has 0 bridgehead atoms. The van der Waals surface area contributed by atoms with Gasteiger partial charge in [0, 0.05) is 31.3 Å². The molecule has 3 heterocycles. The molecule has 0 aromatic carbocycles. The highest BCUT2D eigenvalue weighted by Gasteiger charge is 2.30. The van der Waals surface area contributed by atoms with Crippen molar-refractivity contribution in [3.05, 3.63) is 64.3 Å². The van der Waals surface area contributed by atoms with Gasteiger partial charge >= 0.3 is 0 Å². The molecular formula is C17H17N3O3. The molecule has 1 N–H and O–H groups in total. The number of nitrogens with one attached hydrogen (secondary N) is 1. The standard InChI is InChI=1S/C17H17N3O3/c21-15-8-3-7-14(19-15)17(23)20-10-4-5-12(11-20)16(22)13-6-1-2-9-18-13/h1-3,6-9,12H,4-5,10-11H2,(H,19,21)/t12-/m0/s1. The lowest BCUT2D eigenvalue weighted by Gasteiger charge is -2.31. The van der Waals surface area contributed by atoms with E-state index in [9.17, 15) is 14.4 Å². The maximum absolute atomic E-state index is 12.5. The number of likely N-dealkylation sites (tertiary alicyclic amines) is 1. The van der Waals surface area contributed by atoms with E-state index in [0.29, 0.717) is 18.8 Å². The lowest BCUT2D eigenvalue weighted by Crippen LogP contribution is -2.43. The van der Waals surface area contributed by atoms with Crippen molar-refractivity contribution in [3.8, 4) is 0 Å². The average Bonchev–Trinajstić information content (AvgIpc) is 2.61. The molecule has 0 aliphatic carbocycles. The number of amides is 1. The molecule has 0 radical (unpaired) electrons. The second kappa shape index (κ2) is 6.56. The molecule has 1 atom stereocenters. The highest BCUT2D eigenvalue weighted by molar-refractivity contribution is 5.97. The van der Waals surface area contributed by atoms with Gasteiger partial charge in [0.2, 0.25) is 5.56 Å². The highest BCUT2D eigenvalue weighted by Crippen LogP contribution is 2.21. The Bertz CT molecular complexity index is 770. The summed E-state index contributed by atoms with van der Waals surface area (Å²) in [5.41, 5.74) is 0.373. The van der Waals surface area contributed by atoms with E-state index >= 15 is 0 Å². The second-order valence-corrected chi connectivity index (χ2v) is 5.60. The molecule has 1 amide bonds. The number of hydrogen-bond acceptors (Lipinski definition) is 4. The van der Waals surface area contributed by atoms with Crippen LogP contribution in [0.2, 0.25) is 0 Å². The van der Waals surface area contributed by atoms with Gasteiger partial charge in [0.25, 0.3) is 5.91 Å². The van der Waals surface area contributed by atoms with E-state index in [1.165, 1.54) is 6.07 Å². The minimum Gasteiger partial charge on any atom is -0.337 e. The van der Waals surface area contributed by atoms with E-state index in [1.54, 1.807) is 41.4 Å². The third-order valence-corrected chi connectivity index (χ3v) is 4.00. The van der Waals surface area contributed by atoms with E-state index in [2.05, 4.69) is 9.97 Å². The molecule has 1 fully saturated rings. The molecule has 1 aliphatic heterocycles. The molecule has 3 rings (SSSR count). The van der Waals surface area contributed by atoms with E-state index in [0.717, 1.165) is 12.8 Å². The van der Waals surface area contributed by atoms with Crippen molar-refractivity contribution in [1.29, 1.82) is 0 Å². The summed E-state index contributed by atoms with van der Waals surface area (Å²) in [6, 6.07) is 9.72. The molecule has 6 heteroatoms. The smallest absolute Gasteiger partial charge is 0.270 e. The highest BCUT2D eigenvalue weighted by atomic mass is 16.2. The number of pyridine rings is 2. The zero-order chi connectivity index (χ0) is 16.2. The summed E-state index contributed by atoms with van der Waals surface area (Å²) < 4.78 is 0. The van der Waals surface area contributed by atoms with Gasteiger partial charge in [-0.3, -0.25) is 19.4 Å². The number of rotatable bonds is 3. The molecule has 1 saturated heterocycles. The monoisotopic (exact) mass is 311 g/mol. The number of Topliss-reactive ketones (excluding diaryl/α,β-unsaturated/α-hetero) is 1. The third-order valence-electron chi connectivity index (χ3n) is 4.00. The number of carbonyl (C=O) groups is 2. The first-order valence-corrected chi connectivity index (χ1v) is 7.59. The number of aromatic amines is 1. The number of hydrogen-bond donors (Lipinski definition) is 1. The number of ketones is 1. The molecule has 6 nitrogen and oxygen atoms in total. The Morgan fingerprint density at radius 3 is 2.78 bits per heavy atom. The van der Waals surface area contributed by atoms with Crippen LogP contribution in [0.15, 0.2) is 47.4 Å². The van der Waals surface area contributed by atoms with Gasteiger partial charge in [-0.1, -0.05) is 12.1 Å². The third kappa shape index (κ3) is 3.36. The molecule has 2 aromatic heterocycles. The SMILES string of the molecule is O=C(c1ccccn1)[C@H]1CCCN(C(=O)c2cccc(=O)[nH]2)C1. The molecule has 2 aromatic rings. The largest absolute Gasteiger partial charge is 0.337 e. The van der Waals surface area contributed by atoms with Crippen molar-refractivity contribution in [2.24, 2.45) is 5.92 Å². The van der Waals surface area contributed by atoms with Crippen LogP contribution >= 0.6 is 0 Å². The fraction of sp³-hybridized carbons (Fsp3) is 0.294. The van der Waals surface area contributed by atoms with Gasteiger partial charge in [-0.2, -0.15) is 0 Å². The quantitative estimate of drug-likeness (QED) is 0.871. The van der Waals surface area contributed by atoms with Crippen LogP contribution in [-0.2, 0) is 0 Å². The summed E-state index contributed by atoms with van der Waals surface area (Å²) >= 11 is 0. The number of carbonyl (C=O) groups excluding carboxylic acids is 2. The molecule has 0 unspecified atom stereocenters. The molecule has 1 aliphatic rings. The Kier molecular flexibility index (Phi) is 4.32. The van der Waals surface area contributed by atoms with Crippen molar-refractivity contribution >= 4 is 11.7 Å². The Morgan fingerprint density at radius 2 is 2.04 bits per heavy atom. The van der Waals surface area contributed by atoms with Crippen molar-refractivity contribution < 1.29 is 9.59 Å². The van der Waals surface area contributed by atoms with Crippen LogP contribution in [0.3, 0.4) is 0 Å². The van der Waals surface area contributed by atoms with Crippen molar-refractivity contribution in [2.45, 2.75) is 12.8 Å². The predicted octanol–water partition coefficient (Wildman–Crippen LogP) is 1.50. The van der Waals surface area contributed by atoms with Crippen LogP contribution in [0.5, 0.6) is 0 Å². The van der Waals surface area contributed by atoms with E-state index in [-0.39, 0.29) is 28.9 Å². The minimum atomic E-state index is -0.311. The van der Waals surface area contributed by atoms with Crippen molar-refractivity contribution in [3.63, 3.8) is 0 Å². The zero-order valence-electron chi connectivity index (χ0n) is 12.6. The van der Waals surface area contributed by atoms with E-state index in [1.807, 2.05) is 0 Å². The van der Waals surface area contributed by atoms with Crippen LogP contribution in [0.4, 0.5) is 0 Å². The lowest BCUT2D eigenvalue weighted by atomic mass is 9.91. The summed E-state index contributed by atoms with van der Waals surface area (Å²) in [6.07, 6.45) is 3.09. The Morgan fingerprint density at radius 1 is 1.17 bits per heavy atom. The van der Waals surface area contributed by atoms with Crippen molar-refractivity contribution in [1.82, 2.24) is 14.9 Å². The Labute approximate surface area is 133 Å². The molecule has 0 spiro atoms. The van der Waals surface area contributed by atoms with Gasteiger partial charge in [-0.15, -0.1) is 0 Å². The van der Waals surface area contributed by atoms with Crippen LogP contribution in [-0.4, -0.2) is 39.6 Å². The first-order chi connectivity index (χ1) is 11.1. The van der Waals surface area contributed by atoms with Gasteiger partial charge in [0.1, 0.15) is 11.4 Å². The van der Waals surface area contributed by atoms with Crippen molar-refractivity contribution in [2.75, 3.05) is 13.1 Å². The van der Waals surface area contributed by atoms with Crippen LogP contribution in [0.25, 0.3) is 0 Å².